The number of methoxy groups -OCH3 is 1. The lowest BCUT2D eigenvalue weighted by atomic mass is 10.1. The van der Waals surface area contributed by atoms with Crippen LogP contribution in [0.5, 0.6) is 11.5 Å². The number of hydrogen-bond acceptors (Lipinski definition) is 4. The quantitative estimate of drug-likeness (QED) is 0.833. The van der Waals surface area contributed by atoms with Crippen LogP contribution in [0, 0.1) is 6.92 Å². The molecule has 6 nitrogen and oxygen atoms in total. The van der Waals surface area contributed by atoms with Crippen molar-refractivity contribution in [1.82, 2.24) is 5.32 Å². The molecule has 2 amide bonds. The molecule has 2 aromatic rings. The van der Waals surface area contributed by atoms with Gasteiger partial charge in [-0.1, -0.05) is 24.3 Å². The van der Waals surface area contributed by atoms with E-state index in [1.165, 1.54) is 0 Å². The molecule has 0 spiro atoms. The molecular formula is C22H26N2O4. The van der Waals surface area contributed by atoms with Crippen LogP contribution in [0.3, 0.4) is 0 Å². The van der Waals surface area contributed by atoms with Gasteiger partial charge in [-0.2, -0.15) is 0 Å². The van der Waals surface area contributed by atoms with Gasteiger partial charge in [0, 0.05) is 24.9 Å². The van der Waals surface area contributed by atoms with Crippen LogP contribution >= 0.6 is 0 Å². The predicted octanol–water partition coefficient (Wildman–Crippen LogP) is 3.21. The molecule has 1 N–H and O–H groups in total. The first kappa shape index (κ1) is 19.7. The van der Waals surface area contributed by atoms with E-state index >= 15 is 0 Å². The van der Waals surface area contributed by atoms with Crippen molar-refractivity contribution in [2.75, 3.05) is 18.6 Å². The lowest BCUT2D eigenvalue weighted by Crippen LogP contribution is -2.42. The fourth-order valence-corrected chi connectivity index (χ4v) is 3.27. The third-order valence-corrected chi connectivity index (χ3v) is 4.71. The summed E-state index contributed by atoms with van der Waals surface area (Å²) in [5, 5.41) is 2.85. The molecule has 1 aliphatic rings. The van der Waals surface area contributed by atoms with Gasteiger partial charge in [0.25, 0.3) is 0 Å². The minimum Gasteiger partial charge on any atom is -0.496 e. The molecule has 2 aromatic carbocycles. The van der Waals surface area contributed by atoms with Crippen molar-refractivity contribution in [3.8, 4) is 11.5 Å². The summed E-state index contributed by atoms with van der Waals surface area (Å²) in [4.78, 5) is 26.7. The van der Waals surface area contributed by atoms with Gasteiger partial charge in [-0.25, -0.2) is 0 Å². The second-order valence-electron chi connectivity index (χ2n) is 6.99. The number of nitrogens with zero attached hydrogens (tertiary/aromatic N) is 1. The lowest BCUT2D eigenvalue weighted by molar-refractivity contribution is -0.125. The van der Waals surface area contributed by atoms with Crippen molar-refractivity contribution >= 4 is 17.5 Å². The minimum atomic E-state index is -0.162. The molecule has 28 heavy (non-hydrogen) atoms. The Hall–Kier alpha value is -3.02. The van der Waals surface area contributed by atoms with Crippen LogP contribution in [0.1, 0.15) is 30.9 Å². The SMILES string of the molecule is COc1ccccc1CNC(=O)CCC(=O)N1C[C@@H](C)Oc2ccc(C)cc21. The number of aryl methyl sites for hydroxylation is 1. The van der Waals surface area contributed by atoms with Gasteiger partial charge in [-0.3, -0.25) is 9.59 Å². The van der Waals surface area contributed by atoms with Gasteiger partial charge in [0.15, 0.2) is 0 Å². The number of anilines is 1. The number of amides is 2. The molecule has 6 heteroatoms. The van der Waals surface area contributed by atoms with Crippen molar-refractivity contribution in [2.45, 2.75) is 39.3 Å². The highest BCUT2D eigenvalue weighted by molar-refractivity contribution is 5.97. The summed E-state index contributed by atoms with van der Waals surface area (Å²) in [7, 11) is 1.60. The Kier molecular flexibility index (Phi) is 6.19. The van der Waals surface area contributed by atoms with E-state index in [2.05, 4.69) is 5.32 Å². The second kappa shape index (κ2) is 8.78. The first-order chi connectivity index (χ1) is 13.5. The molecule has 0 bridgehead atoms. The van der Waals surface area contributed by atoms with Gasteiger partial charge in [0.05, 0.1) is 19.3 Å². The number of benzene rings is 2. The largest absolute Gasteiger partial charge is 0.496 e. The Morgan fingerprint density at radius 1 is 1.21 bits per heavy atom. The zero-order valence-corrected chi connectivity index (χ0v) is 16.5. The predicted molar refractivity (Wildman–Crippen MR) is 108 cm³/mol. The number of para-hydroxylation sites is 1. The Balaban J connectivity index is 1.57. The molecule has 148 valence electrons. The van der Waals surface area contributed by atoms with E-state index in [9.17, 15) is 9.59 Å². The molecule has 3 rings (SSSR count). The monoisotopic (exact) mass is 382 g/mol. The van der Waals surface area contributed by atoms with Crippen molar-refractivity contribution in [1.29, 1.82) is 0 Å². The normalized spacial score (nSPS) is 15.4. The lowest BCUT2D eigenvalue weighted by Gasteiger charge is -2.33. The van der Waals surface area contributed by atoms with E-state index in [4.69, 9.17) is 9.47 Å². The van der Waals surface area contributed by atoms with Crippen LogP contribution in [-0.2, 0) is 16.1 Å². The maximum absolute atomic E-state index is 12.8. The fourth-order valence-electron chi connectivity index (χ4n) is 3.27. The number of hydrogen-bond donors (Lipinski definition) is 1. The molecular weight excluding hydrogens is 356 g/mol. The molecule has 0 saturated heterocycles. The van der Waals surface area contributed by atoms with Gasteiger partial charge < -0.3 is 19.7 Å². The molecule has 0 unspecified atom stereocenters. The minimum absolute atomic E-state index is 0.0746. The Morgan fingerprint density at radius 3 is 2.79 bits per heavy atom. The molecule has 1 heterocycles. The van der Waals surface area contributed by atoms with E-state index in [0.29, 0.717) is 18.8 Å². The topological polar surface area (TPSA) is 67.9 Å². The van der Waals surface area contributed by atoms with Crippen LogP contribution in [0.15, 0.2) is 42.5 Å². The van der Waals surface area contributed by atoms with Crippen LogP contribution in [0.25, 0.3) is 0 Å². The van der Waals surface area contributed by atoms with Crippen molar-refractivity contribution in [3.05, 3.63) is 53.6 Å². The van der Waals surface area contributed by atoms with Gasteiger partial charge in [0.1, 0.15) is 17.6 Å². The summed E-state index contributed by atoms with van der Waals surface area (Å²) in [5.74, 6) is 1.20. The Labute approximate surface area is 165 Å². The average Bonchev–Trinajstić information content (AvgIpc) is 2.70. The van der Waals surface area contributed by atoms with Crippen molar-refractivity contribution in [3.63, 3.8) is 0 Å². The number of rotatable bonds is 6. The zero-order chi connectivity index (χ0) is 20.1. The van der Waals surface area contributed by atoms with Gasteiger partial charge in [0.2, 0.25) is 11.8 Å². The molecule has 1 atom stereocenters. The van der Waals surface area contributed by atoms with Crippen molar-refractivity contribution < 1.29 is 19.1 Å². The highest BCUT2D eigenvalue weighted by Crippen LogP contribution is 2.34. The number of fused-ring (bicyclic) bond motifs is 1. The fraction of sp³-hybridized carbons (Fsp3) is 0.364. The molecule has 1 aliphatic heterocycles. The first-order valence-corrected chi connectivity index (χ1v) is 9.44. The summed E-state index contributed by atoms with van der Waals surface area (Å²) < 4.78 is 11.1. The van der Waals surface area contributed by atoms with E-state index in [1.807, 2.05) is 56.3 Å². The van der Waals surface area contributed by atoms with E-state index in [0.717, 1.165) is 22.6 Å². The van der Waals surface area contributed by atoms with Gasteiger partial charge in [-0.15, -0.1) is 0 Å². The maximum atomic E-state index is 12.8. The van der Waals surface area contributed by atoms with Crippen LogP contribution in [0.4, 0.5) is 5.69 Å². The Bertz CT molecular complexity index is 865. The van der Waals surface area contributed by atoms with E-state index in [1.54, 1.807) is 12.0 Å². The smallest absolute Gasteiger partial charge is 0.227 e. The number of carbonyl (C=O) groups is 2. The molecule has 0 fully saturated rings. The van der Waals surface area contributed by atoms with Crippen LogP contribution < -0.4 is 19.7 Å². The standard InChI is InChI=1S/C22H26N2O4/c1-15-8-9-20-18(12-15)24(14-16(2)28-20)22(26)11-10-21(25)23-13-17-6-4-5-7-19(17)27-3/h4-9,12,16H,10-11,13-14H2,1-3H3,(H,23,25)/t16-/m1/s1. The van der Waals surface area contributed by atoms with E-state index < -0.39 is 0 Å². The van der Waals surface area contributed by atoms with Crippen LogP contribution in [0.2, 0.25) is 0 Å². The van der Waals surface area contributed by atoms with E-state index in [-0.39, 0.29) is 30.8 Å². The molecule has 0 aromatic heterocycles. The number of ether oxygens (including phenoxy) is 2. The third kappa shape index (κ3) is 4.63. The number of nitrogens with one attached hydrogen (secondary N) is 1. The van der Waals surface area contributed by atoms with Crippen LogP contribution in [-0.4, -0.2) is 31.6 Å². The summed E-state index contributed by atoms with van der Waals surface area (Å²) in [6.07, 6.45) is 0.206. The zero-order valence-electron chi connectivity index (χ0n) is 16.5. The molecule has 0 saturated carbocycles. The number of carbonyl (C=O) groups excluding carboxylic acids is 2. The van der Waals surface area contributed by atoms with Crippen molar-refractivity contribution in [2.24, 2.45) is 0 Å². The maximum Gasteiger partial charge on any atom is 0.227 e. The summed E-state index contributed by atoms with van der Waals surface area (Å²) in [5.41, 5.74) is 2.73. The third-order valence-electron chi connectivity index (χ3n) is 4.71. The average molecular weight is 382 g/mol. The first-order valence-electron chi connectivity index (χ1n) is 9.44. The summed E-state index contributed by atoms with van der Waals surface area (Å²) in [6.45, 7) is 4.76. The molecule has 0 aliphatic carbocycles. The highest BCUT2D eigenvalue weighted by Gasteiger charge is 2.27. The summed E-state index contributed by atoms with van der Waals surface area (Å²) in [6, 6.07) is 13.3. The second-order valence-corrected chi connectivity index (χ2v) is 6.99. The van der Waals surface area contributed by atoms with Gasteiger partial charge >= 0.3 is 0 Å². The highest BCUT2D eigenvalue weighted by atomic mass is 16.5. The summed E-state index contributed by atoms with van der Waals surface area (Å²) >= 11 is 0. The molecule has 0 radical (unpaired) electrons. The Morgan fingerprint density at radius 2 is 2.00 bits per heavy atom. The van der Waals surface area contributed by atoms with Gasteiger partial charge in [-0.05, 0) is 37.6 Å².